The Hall–Kier alpha value is -2.99. The van der Waals surface area contributed by atoms with E-state index in [4.69, 9.17) is 16.3 Å². The van der Waals surface area contributed by atoms with Gasteiger partial charge >= 0.3 is 0 Å². The fourth-order valence-electron chi connectivity index (χ4n) is 4.18. The van der Waals surface area contributed by atoms with E-state index < -0.39 is 0 Å². The van der Waals surface area contributed by atoms with Gasteiger partial charge in [0.05, 0.1) is 12.6 Å². The highest BCUT2D eigenvalue weighted by Crippen LogP contribution is 2.45. The Kier molecular flexibility index (Phi) is 6.70. The maximum Gasteiger partial charge on any atom is 0.273 e. The summed E-state index contributed by atoms with van der Waals surface area (Å²) in [6.07, 6.45) is 3.99. The van der Waals surface area contributed by atoms with Gasteiger partial charge in [0.15, 0.2) is 0 Å². The molecule has 168 valence electrons. The summed E-state index contributed by atoms with van der Waals surface area (Å²) in [6.45, 7) is 5.52. The fourth-order valence-corrected chi connectivity index (χ4v) is 4.35. The number of phenolic OH excluding ortho intramolecular Hbond substituents is 1. The van der Waals surface area contributed by atoms with Gasteiger partial charge in [-0.15, -0.1) is 0 Å². The van der Waals surface area contributed by atoms with E-state index in [1.807, 2.05) is 29.2 Å². The van der Waals surface area contributed by atoms with Crippen molar-refractivity contribution in [3.8, 4) is 22.8 Å². The third-order valence-electron chi connectivity index (χ3n) is 5.75. The fraction of sp³-hybridized carbons (Fsp3) is 0.360. The number of hydrogen-bond donors (Lipinski definition) is 2. The van der Waals surface area contributed by atoms with E-state index >= 15 is 0 Å². The molecule has 2 aromatic carbocycles. The van der Waals surface area contributed by atoms with Gasteiger partial charge in [-0.1, -0.05) is 50.4 Å². The minimum atomic E-state index is -0.304. The summed E-state index contributed by atoms with van der Waals surface area (Å²) in [5, 5.41) is 18.3. The maximum atomic E-state index is 13.3. The summed E-state index contributed by atoms with van der Waals surface area (Å²) in [5.74, 6) is 0.799. The number of unbranched alkanes of at least 4 members (excludes halogenated alkanes) is 2. The Balaban J connectivity index is 1.78. The van der Waals surface area contributed by atoms with Crippen molar-refractivity contribution in [2.75, 3.05) is 13.2 Å². The molecule has 0 radical (unpaired) electrons. The number of rotatable bonds is 9. The number of phenols is 1. The van der Waals surface area contributed by atoms with Gasteiger partial charge in [-0.25, -0.2) is 0 Å². The number of amides is 1. The van der Waals surface area contributed by atoms with Crippen LogP contribution in [0.25, 0.3) is 11.3 Å². The molecular formula is C25H28ClN3O3. The summed E-state index contributed by atoms with van der Waals surface area (Å²) >= 11 is 6.20. The van der Waals surface area contributed by atoms with Crippen LogP contribution in [0, 0.1) is 0 Å². The largest absolute Gasteiger partial charge is 0.507 e. The molecule has 4 rings (SSSR count). The number of ether oxygens (including phenoxy) is 1. The topological polar surface area (TPSA) is 78.5 Å². The highest BCUT2D eigenvalue weighted by Gasteiger charge is 2.42. The first kappa shape index (κ1) is 22.2. The monoisotopic (exact) mass is 453 g/mol. The van der Waals surface area contributed by atoms with E-state index in [1.165, 1.54) is 0 Å². The third kappa shape index (κ3) is 4.19. The first-order valence-electron chi connectivity index (χ1n) is 11.2. The van der Waals surface area contributed by atoms with Crippen molar-refractivity contribution in [2.45, 2.75) is 45.6 Å². The smallest absolute Gasteiger partial charge is 0.273 e. The van der Waals surface area contributed by atoms with Crippen LogP contribution in [-0.2, 0) is 0 Å². The van der Waals surface area contributed by atoms with E-state index in [0.29, 0.717) is 35.1 Å². The molecule has 6 nitrogen and oxygen atoms in total. The van der Waals surface area contributed by atoms with Crippen LogP contribution in [0.15, 0.2) is 42.5 Å². The molecule has 0 bridgehead atoms. The van der Waals surface area contributed by atoms with Crippen molar-refractivity contribution in [3.63, 3.8) is 0 Å². The number of hydrogen-bond acceptors (Lipinski definition) is 4. The van der Waals surface area contributed by atoms with Crippen LogP contribution < -0.4 is 4.74 Å². The Bertz CT molecular complexity index is 1090. The number of benzene rings is 2. The molecule has 32 heavy (non-hydrogen) atoms. The molecule has 0 fully saturated rings. The van der Waals surface area contributed by atoms with E-state index in [-0.39, 0.29) is 17.7 Å². The number of aromatic hydroxyl groups is 1. The van der Waals surface area contributed by atoms with E-state index in [0.717, 1.165) is 42.6 Å². The zero-order chi connectivity index (χ0) is 22.7. The number of aromatic nitrogens is 2. The first-order chi connectivity index (χ1) is 15.5. The molecule has 1 aromatic heterocycles. The SMILES string of the molecule is CCCCCN1C(=O)c2[nH]nc(-c3cc(Cl)ccc3O)c2C1c1ccc(OCCC)cc1. The number of halogens is 1. The zero-order valence-corrected chi connectivity index (χ0v) is 19.2. The van der Waals surface area contributed by atoms with Crippen LogP contribution in [0.5, 0.6) is 11.5 Å². The average molecular weight is 454 g/mol. The molecule has 7 heteroatoms. The van der Waals surface area contributed by atoms with E-state index in [9.17, 15) is 9.90 Å². The van der Waals surface area contributed by atoms with Gasteiger partial charge in [0.25, 0.3) is 5.91 Å². The second-order valence-corrected chi connectivity index (χ2v) is 8.48. The van der Waals surface area contributed by atoms with Gasteiger partial charge in [0.1, 0.15) is 22.9 Å². The van der Waals surface area contributed by atoms with Crippen molar-refractivity contribution in [2.24, 2.45) is 0 Å². The summed E-state index contributed by atoms with van der Waals surface area (Å²) in [6, 6.07) is 12.4. The van der Waals surface area contributed by atoms with E-state index in [1.54, 1.807) is 18.2 Å². The van der Waals surface area contributed by atoms with Gasteiger partial charge < -0.3 is 14.7 Å². The summed E-state index contributed by atoms with van der Waals surface area (Å²) in [7, 11) is 0. The lowest BCUT2D eigenvalue weighted by atomic mass is 9.95. The van der Waals surface area contributed by atoms with Gasteiger partial charge in [0, 0.05) is 22.7 Å². The lowest BCUT2D eigenvalue weighted by Crippen LogP contribution is -2.30. The third-order valence-corrected chi connectivity index (χ3v) is 5.98. The van der Waals surface area contributed by atoms with E-state index in [2.05, 4.69) is 24.0 Å². The number of carbonyl (C=O) groups is 1. The number of H-pyrrole nitrogens is 1. The normalized spacial score (nSPS) is 15.3. The molecule has 1 amide bonds. The van der Waals surface area contributed by atoms with Crippen molar-refractivity contribution in [1.82, 2.24) is 15.1 Å². The molecule has 1 aliphatic rings. The minimum Gasteiger partial charge on any atom is -0.507 e. The molecular weight excluding hydrogens is 426 g/mol. The Labute approximate surface area is 193 Å². The first-order valence-corrected chi connectivity index (χ1v) is 11.5. The molecule has 1 atom stereocenters. The summed E-state index contributed by atoms with van der Waals surface area (Å²) in [4.78, 5) is 15.2. The lowest BCUT2D eigenvalue weighted by Gasteiger charge is -2.26. The van der Waals surface area contributed by atoms with Crippen molar-refractivity contribution in [1.29, 1.82) is 0 Å². The van der Waals surface area contributed by atoms with Crippen LogP contribution in [-0.4, -0.2) is 39.3 Å². The molecule has 2 heterocycles. The molecule has 0 spiro atoms. The zero-order valence-electron chi connectivity index (χ0n) is 18.4. The standard InChI is InChI=1S/C25H28ClN3O3/c1-3-5-6-13-29-24(16-7-10-18(11-8-16)32-14-4-2)21-22(27-28-23(21)25(29)31)19-15-17(26)9-12-20(19)30/h7-12,15,24,30H,3-6,13-14H2,1-2H3,(H,27,28). The number of nitrogens with zero attached hydrogens (tertiary/aromatic N) is 2. The van der Waals surface area contributed by atoms with Crippen LogP contribution >= 0.6 is 11.6 Å². The van der Waals surface area contributed by atoms with Crippen LogP contribution in [0.2, 0.25) is 5.02 Å². The number of carbonyl (C=O) groups excluding carboxylic acids is 1. The Morgan fingerprint density at radius 1 is 1.12 bits per heavy atom. The molecule has 3 aromatic rings. The summed E-state index contributed by atoms with van der Waals surface area (Å²) in [5.41, 5.74) is 3.26. The predicted molar refractivity (Wildman–Crippen MR) is 125 cm³/mol. The molecule has 0 aliphatic carbocycles. The van der Waals surface area contributed by atoms with Gasteiger partial charge in [-0.3, -0.25) is 9.89 Å². The van der Waals surface area contributed by atoms with Crippen molar-refractivity contribution in [3.05, 3.63) is 64.3 Å². The molecule has 0 saturated carbocycles. The van der Waals surface area contributed by atoms with Crippen LogP contribution in [0.3, 0.4) is 0 Å². The number of fused-ring (bicyclic) bond motifs is 1. The molecule has 2 N–H and O–H groups in total. The van der Waals surface area contributed by atoms with Crippen LogP contribution in [0.4, 0.5) is 0 Å². The number of nitrogens with one attached hydrogen (secondary N) is 1. The van der Waals surface area contributed by atoms with Gasteiger partial charge in [-0.05, 0) is 48.7 Å². The lowest BCUT2D eigenvalue weighted by molar-refractivity contribution is 0.0740. The summed E-state index contributed by atoms with van der Waals surface area (Å²) < 4.78 is 5.73. The predicted octanol–water partition coefficient (Wildman–Crippen LogP) is 5.96. The minimum absolute atomic E-state index is 0.0719. The second kappa shape index (κ2) is 9.65. The van der Waals surface area contributed by atoms with Crippen molar-refractivity contribution >= 4 is 17.5 Å². The molecule has 0 saturated heterocycles. The van der Waals surface area contributed by atoms with Gasteiger partial charge in [-0.2, -0.15) is 5.10 Å². The van der Waals surface area contributed by atoms with Crippen LogP contribution in [0.1, 0.15) is 67.2 Å². The maximum absolute atomic E-state index is 13.3. The number of aromatic amines is 1. The quantitative estimate of drug-likeness (QED) is 0.392. The second-order valence-electron chi connectivity index (χ2n) is 8.05. The highest BCUT2D eigenvalue weighted by molar-refractivity contribution is 6.31. The highest BCUT2D eigenvalue weighted by atomic mass is 35.5. The van der Waals surface area contributed by atoms with Crippen molar-refractivity contribution < 1.29 is 14.6 Å². The Morgan fingerprint density at radius 3 is 2.62 bits per heavy atom. The average Bonchev–Trinajstić information content (AvgIpc) is 3.34. The Morgan fingerprint density at radius 2 is 1.91 bits per heavy atom. The molecule has 1 aliphatic heterocycles. The van der Waals surface area contributed by atoms with Gasteiger partial charge in [0.2, 0.25) is 0 Å². The molecule has 1 unspecified atom stereocenters.